The molecule has 5 nitrogen and oxygen atoms in total. The van der Waals surface area contributed by atoms with Crippen molar-refractivity contribution in [2.45, 2.75) is 32.4 Å². The normalized spacial score (nSPS) is 13.2. The van der Waals surface area contributed by atoms with Gasteiger partial charge in [-0.1, -0.05) is 18.5 Å². The first kappa shape index (κ1) is 10.1. The summed E-state index contributed by atoms with van der Waals surface area (Å²) in [6.07, 6.45) is 1.83. The lowest BCUT2D eigenvalue weighted by Crippen LogP contribution is -2.04. The van der Waals surface area contributed by atoms with Crippen molar-refractivity contribution < 1.29 is 9.26 Å². The summed E-state index contributed by atoms with van der Waals surface area (Å²) in [5.74, 6) is 1.04. The highest BCUT2D eigenvalue weighted by atomic mass is 16.5. The van der Waals surface area contributed by atoms with Gasteiger partial charge in [0, 0.05) is 7.11 Å². The van der Waals surface area contributed by atoms with Gasteiger partial charge in [-0.3, -0.25) is 0 Å². The van der Waals surface area contributed by atoms with Crippen LogP contribution in [0.4, 0.5) is 0 Å². The Bertz CT molecular complexity index is 249. The Hall–Kier alpha value is -0.940. The summed E-state index contributed by atoms with van der Waals surface area (Å²) in [4.78, 5) is 4.09. The Morgan fingerprint density at radius 2 is 2.38 bits per heavy atom. The third kappa shape index (κ3) is 2.50. The molecule has 0 amide bonds. The van der Waals surface area contributed by atoms with Crippen LogP contribution in [0.5, 0.6) is 0 Å². The molecule has 1 rings (SSSR count). The zero-order chi connectivity index (χ0) is 9.68. The van der Waals surface area contributed by atoms with Gasteiger partial charge in [-0.25, -0.2) is 0 Å². The van der Waals surface area contributed by atoms with E-state index < -0.39 is 0 Å². The molecule has 0 saturated carbocycles. The molecule has 0 saturated heterocycles. The van der Waals surface area contributed by atoms with Crippen LogP contribution in [0.15, 0.2) is 4.52 Å². The Morgan fingerprint density at radius 3 is 2.85 bits per heavy atom. The Morgan fingerprint density at radius 1 is 1.62 bits per heavy atom. The molecule has 0 aliphatic heterocycles. The molecule has 2 N–H and O–H groups in total. The molecule has 1 unspecified atom stereocenters. The summed E-state index contributed by atoms with van der Waals surface area (Å²) in [5.41, 5.74) is 5.34. The Balaban J connectivity index is 2.67. The molecule has 5 heteroatoms. The van der Waals surface area contributed by atoms with Gasteiger partial charge in [0.1, 0.15) is 6.10 Å². The average Bonchev–Trinajstić information content (AvgIpc) is 2.62. The van der Waals surface area contributed by atoms with Crippen LogP contribution in [0, 0.1) is 0 Å². The van der Waals surface area contributed by atoms with Crippen LogP contribution in [0.1, 0.15) is 37.6 Å². The molecular formula is C8H15N3O2. The maximum Gasteiger partial charge on any atom is 0.240 e. The molecule has 0 aliphatic carbocycles. The van der Waals surface area contributed by atoms with E-state index >= 15 is 0 Å². The van der Waals surface area contributed by atoms with E-state index in [9.17, 15) is 0 Å². The summed E-state index contributed by atoms with van der Waals surface area (Å²) in [5, 5.41) is 3.79. The Kier molecular flexibility index (Phi) is 3.85. The number of hydrogen-bond donors (Lipinski definition) is 1. The van der Waals surface area contributed by atoms with E-state index in [2.05, 4.69) is 17.1 Å². The average molecular weight is 185 g/mol. The highest BCUT2D eigenvalue weighted by Crippen LogP contribution is 2.18. The van der Waals surface area contributed by atoms with Crippen LogP contribution in [0.25, 0.3) is 0 Å². The number of hydrogen-bond acceptors (Lipinski definition) is 5. The molecule has 0 aromatic carbocycles. The minimum atomic E-state index is -0.0750. The molecule has 0 bridgehead atoms. The van der Waals surface area contributed by atoms with Gasteiger partial charge in [-0.2, -0.15) is 4.98 Å². The lowest BCUT2D eigenvalue weighted by molar-refractivity contribution is 0.0854. The molecule has 1 aromatic rings. The third-order valence-electron chi connectivity index (χ3n) is 1.78. The summed E-state index contributed by atoms with van der Waals surface area (Å²) >= 11 is 0. The third-order valence-corrected chi connectivity index (χ3v) is 1.78. The molecule has 13 heavy (non-hydrogen) atoms. The maximum absolute atomic E-state index is 5.34. The number of ether oxygens (including phenoxy) is 1. The van der Waals surface area contributed by atoms with Crippen molar-refractivity contribution in [1.82, 2.24) is 10.1 Å². The number of rotatable bonds is 5. The van der Waals surface area contributed by atoms with Crippen LogP contribution >= 0.6 is 0 Å². The standard InChI is InChI=1S/C8H15N3O2/c1-3-4-6(12-2)8-10-7(5-9)13-11-8/h6H,3-5,9H2,1-2H3. The summed E-state index contributed by atoms with van der Waals surface area (Å²) in [6.45, 7) is 2.35. The second kappa shape index (κ2) is 4.94. The van der Waals surface area contributed by atoms with Crippen molar-refractivity contribution >= 4 is 0 Å². The smallest absolute Gasteiger partial charge is 0.240 e. The van der Waals surface area contributed by atoms with E-state index in [4.69, 9.17) is 15.0 Å². The van der Waals surface area contributed by atoms with Crippen molar-refractivity contribution in [2.75, 3.05) is 7.11 Å². The van der Waals surface area contributed by atoms with Crippen LogP contribution < -0.4 is 5.73 Å². The van der Waals surface area contributed by atoms with Crippen LogP contribution in [0.2, 0.25) is 0 Å². The highest BCUT2D eigenvalue weighted by molar-refractivity contribution is 4.90. The first-order chi connectivity index (χ1) is 6.31. The number of nitrogens with two attached hydrogens (primary N) is 1. The van der Waals surface area contributed by atoms with E-state index in [1.165, 1.54) is 0 Å². The van der Waals surface area contributed by atoms with Gasteiger partial charge in [-0.05, 0) is 6.42 Å². The van der Waals surface area contributed by atoms with Crippen LogP contribution in [-0.4, -0.2) is 17.3 Å². The quantitative estimate of drug-likeness (QED) is 0.741. The number of nitrogens with zero attached hydrogens (tertiary/aromatic N) is 2. The largest absolute Gasteiger partial charge is 0.373 e. The molecule has 0 aliphatic rings. The second-order valence-electron chi connectivity index (χ2n) is 2.76. The maximum atomic E-state index is 5.34. The zero-order valence-corrected chi connectivity index (χ0v) is 7.99. The predicted molar refractivity (Wildman–Crippen MR) is 46.8 cm³/mol. The van der Waals surface area contributed by atoms with Crippen molar-refractivity contribution in [2.24, 2.45) is 5.73 Å². The van der Waals surface area contributed by atoms with Crippen molar-refractivity contribution in [3.05, 3.63) is 11.7 Å². The van der Waals surface area contributed by atoms with E-state index in [-0.39, 0.29) is 12.6 Å². The van der Waals surface area contributed by atoms with Crippen molar-refractivity contribution in [1.29, 1.82) is 0 Å². The zero-order valence-electron chi connectivity index (χ0n) is 7.99. The topological polar surface area (TPSA) is 74.2 Å². The fourth-order valence-corrected chi connectivity index (χ4v) is 1.10. The summed E-state index contributed by atoms with van der Waals surface area (Å²) in [7, 11) is 1.64. The molecule has 1 aromatic heterocycles. The fraction of sp³-hybridized carbons (Fsp3) is 0.750. The van der Waals surface area contributed by atoms with Gasteiger partial charge in [0.15, 0.2) is 0 Å². The van der Waals surface area contributed by atoms with Crippen molar-refractivity contribution in [3.8, 4) is 0 Å². The molecule has 0 spiro atoms. The lowest BCUT2D eigenvalue weighted by atomic mass is 10.2. The van der Waals surface area contributed by atoms with E-state index in [0.29, 0.717) is 11.7 Å². The number of aromatic nitrogens is 2. The van der Waals surface area contributed by atoms with E-state index in [1.807, 2.05) is 0 Å². The first-order valence-electron chi connectivity index (χ1n) is 4.37. The lowest BCUT2D eigenvalue weighted by Gasteiger charge is -2.08. The Labute approximate surface area is 77.3 Å². The second-order valence-corrected chi connectivity index (χ2v) is 2.76. The molecule has 74 valence electrons. The molecule has 0 fully saturated rings. The van der Waals surface area contributed by atoms with Crippen LogP contribution in [0.3, 0.4) is 0 Å². The summed E-state index contributed by atoms with van der Waals surface area (Å²) in [6, 6.07) is 0. The predicted octanol–water partition coefficient (Wildman–Crippen LogP) is 1.02. The van der Waals surface area contributed by atoms with Gasteiger partial charge >= 0.3 is 0 Å². The number of methoxy groups -OCH3 is 1. The van der Waals surface area contributed by atoms with Gasteiger partial charge in [0.05, 0.1) is 6.54 Å². The SMILES string of the molecule is CCCC(OC)c1noc(CN)n1. The molecule has 1 atom stereocenters. The van der Waals surface area contributed by atoms with E-state index in [1.54, 1.807) is 7.11 Å². The summed E-state index contributed by atoms with van der Waals surface area (Å²) < 4.78 is 10.1. The fourth-order valence-electron chi connectivity index (χ4n) is 1.10. The van der Waals surface area contributed by atoms with Gasteiger partial charge in [0.25, 0.3) is 0 Å². The first-order valence-corrected chi connectivity index (χ1v) is 4.37. The van der Waals surface area contributed by atoms with Crippen molar-refractivity contribution in [3.63, 3.8) is 0 Å². The van der Waals surface area contributed by atoms with Crippen LogP contribution in [-0.2, 0) is 11.3 Å². The van der Waals surface area contributed by atoms with Gasteiger partial charge in [0.2, 0.25) is 11.7 Å². The molecular weight excluding hydrogens is 170 g/mol. The van der Waals surface area contributed by atoms with Gasteiger partial charge in [-0.15, -0.1) is 0 Å². The van der Waals surface area contributed by atoms with Gasteiger partial charge < -0.3 is 15.0 Å². The molecule has 1 heterocycles. The highest BCUT2D eigenvalue weighted by Gasteiger charge is 2.15. The minimum Gasteiger partial charge on any atom is -0.373 e. The van der Waals surface area contributed by atoms with E-state index in [0.717, 1.165) is 12.8 Å². The monoisotopic (exact) mass is 185 g/mol. The molecule has 0 radical (unpaired) electrons. The minimum absolute atomic E-state index is 0.0750.